The first-order valence-electron chi connectivity index (χ1n) is 21.8. The summed E-state index contributed by atoms with van der Waals surface area (Å²) in [6.45, 7) is 11.5. The number of aryl methyl sites for hydroxylation is 2. The number of likely N-dealkylation sites (tertiary alicyclic amines) is 1. The summed E-state index contributed by atoms with van der Waals surface area (Å²) in [6.07, 6.45) is 5.94. The van der Waals surface area contributed by atoms with Crippen LogP contribution >= 0.6 is 0 Å². The van der Waals surface area contributed by atoms with Crippen LogP contribution in [0, 0.1) is 0 Å². The zero-order chi connectivity index (χ0) is 46.4. The van der Waals surface area contributed by atoms with Crippen LogP contribution in [0.25, 0.3) is 22.4 Å². The Bertz CT molecular complexity index is 2600. The SMILES string of the molecule is CCCOc1ccc(S(=O)(=O)NCCC2CCCN2C)cc1-c1nc2c(CCC)nn(C)c2c(=O)[nH]1.CCOc1ccccc1OCCN[C@H](C)Cc1ccc(OC)c(S(N)(=O)=O)c1. The molecule has 17 nitrogen and oxygen atoms in total. The lowest BCUT2D eigenvalue weighted by Crippen LogP contribution is -2.32. The summed E-state index contributed by atoms with van der Waals surface area (Å²) >= 11 is 0. The third-order valence-corrected chi connectivity index (χ3v) is 13.1. The van der Waals surface area contributed by atoms with Gasteiger partial charge in [-0.2, -0.15) is 5.10 Å². The highest BCUT2D eigenvalue weighted by Gasteiger charge is 2.24. The Hall–Kier alpha value is -5.05. The van der Waals surface area contributed by atoms with Gasteiger partial charge in [0.15, 0.2) is 17.0 Å². The number of rotatable bonds is 22. The maximum atomic E-state index is 13.1. The van der Waals surface area contributed by atoms with Gasteiger partial charge < -0.3 is 34.1 Å². The highest BCUT2D eigenvalue weighted by molar-refractivity contribution is 7.89. The molecule has 0 saturated carbocycles. The molecule has 1 unspecified atom stereocenters. The number of para-hydroxylation sites is 2. The van der Waals surface area contributed by atoms with Gasteiger partial charge in [0.1, 0.15) is 34.3 Å². The highest BCUT2D eigenvalue weighted by atomic mass is 32.2. The maximum absolute atomic E-state index is 13.1. The molecule has 1 saturated heterocycles. The van der Waals surface area contributed by atoms with Gasteiger partial charge in [0.2, 0.25) is 20.0 Å². The molecular weight excluding hydrogens is 861 g/mol. The first-order valence-corrected chi connectivity index (χ1v) is 24.8. The topological polar surface area (TPSA) is 222 Å². The summed E-state index contributed by atoms with van der Waals surface area (Å²) in [5, 5.41) is 13.1. The van der Waals surface area contributed by atoms with E-state index < -0.39 is 20.0 Å². The lowest BCUT2D eigenvalue weighted by Gasteiger charge is -2.19. The molecule has 2 aromatic heterocycles. The summed E-state index contributed by atoms with van der Waals surface area (Å²) in [5.41, 5.74) is 2.59. The molecule has 5 aromatic rings. The van der Waals surface area contributed by atoms with E-state index in [-0.39, 0.29) is 33.0 Å². The second-order valence-corrected chi connectivity index (χ2v) is 19.0. The molecule has 0 amide bonds. The highest BCUT2D eigenvalue weighted by Crippen LogP contribution is 2.32. The Morgan fingerprint density at radius 2 is 1.62 bits per heavy atom. The van der Waals surface area contributed by atoms with Crippen molar-refractivity contribution in [2.45, 2.75) is 94.5 Å². The van der Waals surface area contributed by atoms with Crippen LogP contribution in [0.15, 0.2) is 75.2 Å². The normalized spacial score (nSPS) is 14.8. The van der Waals surface area contributed by atoms with Gasteiger partial charge >= 0.3 is 0 Å². The third-order valence-electron chi connectivity index (χ3n) is 10.7. The Labute approximate surface area is 377 Å². The second kappa shape index (κ2) is 23.2. The van der Waals surface area contributed by atoms with E-state index in [0.717, 1.165) is 55.7 Å². The van der Waals surface area contributed by atoms with Crippen molar-refractivity contribution in [3.8, 4) is 34.4 Å². The van der Waals surface area contributed by atoms with Crippen molar-refractivity contribution in [3.63, 3.8) is 0 Å². The molecule has 0 aliphatic carbocycles. The van der Waals surface area contributed by atoms with E-state index in [1.165, 1.54) is 23.9 Å². The molecule has 6 rings (SSSR count). The Morgan fingerprint density at radius 1 is 0.906 bits per heavy atom. The fourth-order valence-corrected chi connectivity index (χ4v) is 9.39. The number of fused-ring (bicyclic) bond motifs is 1. The van der Waals surface area contributed by atoms with Crippen molar-refractivity contribution in [2.24, 2.45) is 12.2 Å². The molecular formula is C45H64N8O9S2. The average Bonchev–Trinajstić information content (AvgIpc) is 3.82. The van der Waals surface area contributed by atoms with Crippen LogP contribution in [0.4, 0.5) is 0 Å². The smallest absolute Gasteiger partial charge is 0.277 e. The van der Waals surface area contributed by atoms with Crippen molar-refractivity contribution in [1.82, 2.24) is 34.7 Å². The summed E-state index contributed by atoms with van der Waals surface area (Å²) < 4.78 is 76.3. The van der Waals surface area contributed by atoms with E-state index in [1.807, 2.05) is 58.0 Å². The zero-order valence-corrected chi connectivity index (χ0v) is 39.6. The largest absolute Gasteiger partial charge is 0.495 e. The van der Waals surface area contributed by atoms with E-state index in [2.05, 4.69) is 32.1 Å². The standard InChI is InChI=1S/C25H36N6O4S.C20H28N2O5S/c1-5-8-20-22-23(31(4)29-20)25(32)28-24(27-22)19-16-18(10-11-21(19)35-15-6-2)36(33,34)26-13-12-17-9-7-14-30(17)3;1-4-26-17-7-5-6-8-18(17)27-12-11-22-15(2)13-16-9-10-19(25-3)20(14-16)28(21,23)24/h10-11,16-17,26H,5-9,12-15H2,1-4H3,(H,27,28,32);5-10,14-15,22H,4,11-13H2,1-3H3,(H2,21,23,24)/t;15-/m.1/s1. The molecule has 1 fully saturated rings. The van der Waals surface area contributed by atoms with Crippen molar-refractivity contribution in [3.05, 3.63) is 82.3 Å². The number of sulfonamides is 2. The summed E-state index contributed by atoms with van der Waals surface area (Å²) in [7, 11) is -2.40. The molecule has 3 heterocycles. The van der Waals surface area contributed by atoms with Gasteiger partial charge in [0.25, 0.3) is 5.56 Å². The maximum Gasteiger partial charge on any atom is 0.277 e. The second-order valence-electron chi connectivity index (χ2n) is 15.7. The number of ether oxygens (including phenoxy) is 4. The van der Waals surface area contributed by atoms with Gasteiger partial charge in [-0.3, -0.25) is 9.48 Å². The fraction of sp³-hybridized carbons (Fsp3) is 0.489. The Balaban J connectivity index is 0.000000249. The molecule has 3 aromatic carbocycles. The van der Waals surface area contributed by atoms with Crippen LogP contribution in [0.2, 0.25) is 0 Å². The quantitative estimate of drug-likeness (QED) is 0.0659. The van der Waals surface area contributed by atoms with Crippen molar-refractivity contribution in [1.29, 1.82) is 0 Å². The van der Waals surface area contributed by atoms with Crippen LogP contribution in [-0.2, 0) is 39.9 Å². The molecule has 0 spiro atoms. The van der Waals surface area contributed by atoms with Crippen LogP contribution in [0.3, 0.4) is 0 Å². The zero-order valence-electron chi connectivity index (χ0n) is 38.0. The van der Waals surface area contributed by atoms with Crippen LogP contribution in [0.5, 0.6) is 23.0 Å². The number of nitrogens with one attached hydrogen (secondary N) is 3. The average molecular weight is 925 g/mol. The number of primary sulfonamides is 1. The molecule has 1 aliphatic heterocycles. The van der Waals surface area contributed by atoms with Crippen molar-refractivity contribution in [2.75, 3.05) is 53.6 Å². The summed E-state index contributed by atoms with van der Waals surface area (Å²) in [5.74, 6) is 2.41. The molecule has 350 valence electrons. The Kier molecular flexibility index (Phi) is 18.1. The van der Waals surface area contributed by atoms with Gasteiger partial charge in [-0.15, -0.1) is 0 Å². The minimum absolute atomic E-state index is 0.00411. The lowest BCUT2D eigenvalue weighted by atomic mass is 10.1. The number of hydrogen-bond acceptors (Lipinski definition) is 13. The number of benzene rings is 3. The van der Waals surface area contributed by atoms with Crippen LogP contribution in [-0.4, -0.2) is 107 Å². The van der Waals surface area contributed by atoms with Gasteiger partial charge in [-0.05, 0) is 114 Å². The summed E-state index contributed by atoms with van der Waals surface area (Å²) in [6, 6.07) is 17.8. The first kappa shape index (κ1) is 50.0. The predicted octanol–water partition coefficient (Wildman–Crippen LogP) is 5.17. The minimum atomic E-state index is -3.84. The number of nitrogens with zero attached hydrogens (tertiary/aromatic N) is 4. The van der Waals surface area contributed by atoms with E-state index in [1.54, 1.807) is 25.2 Å². The number of aromatic amines is 1. The number of hydrogen-bond donors (Lipinski definition) is 4. The Morgan fingerprint density at radius 3 is 2.28 bits per heavy atom. The minimum Gasteiger partial charge on any atom is -0.495 e. The van der Waals surface area contributed by atoms with Crippen LogP contribution in [0.1, 0.15) is 71.1 Å². The first-order chi connectivity index (χ1) is 30.6. The monoisotopic (exact) mass is 924 g/mol. The third kappa shape index (κ3) is 13.3. The van der Waals surface area contributed by atoms with Crippen molar-refractivity contribution < 1.29 is 35.8 Å². The van der Waals surface area contributed by atoms with Gasteiger partial charge in [0.05, 0.1) is 36.5 Å². The molecule has 1 aliphatic rings. The predicted molar refractivity (Wildman–Crippen MR) is 248 cm³/mol. The molecule has 0 radical (unpaired) electrons. The molecule has 64 heavy (non-hydrogen) atoms. The van der Waals surface area contributed by atoms with Crippen molar-refractivity contribution >= 4 is 31.1 Å². The fourth-order valence-electron chi connectivity index (χ4n) is 7.57. The van der Waals surface area contributed by atoms with Gasteiger partial charge in [0, 0.05) is 32.2 Å². The number of aromatic nitrogens is 4. The number of methoxy groups -OCH3 is 1. The van der Waals surface area contributed by atoms with E-state index >= 15 is 0 Å². The van der Waals surface area contributed by atoms with Crippen LogP contribution < -0.4 is 39.7 Å². The van der Waals surface area contributed by atoms with Gasteiger partial charge in [-0.1, -0.05) is 38.5 Å². The number of nitrogens with two attached hydrogens (primary N) is 1. The molecule has 5 N–H and O–H groups in total. The summed E-state index contributed by atoms with van der Waals surface area (Å²) in [4.78, 5) is 22.9. The van der Waals surface area contributed by atoms with Gasteiger partial charge in [-0.25, -0.2) is 31.7 Å². The van der Waals surface area contributed by atoms with E-state index in [9.17, 15) is 21.6 Å². The lowest BCUT2D eigenvalue weighted by molar-refractivity contribution is 0.272. The number of H-pyrrole nitrogens is 1. The molecule has 2 atom stereocenters. The molecule has 19 heteroatoms. The van der Waals surface area contributed by atoms with E-state index in [4.69, 9.17) is 29.1 Å². The van der Waals surface area contributed by atoms with E-state index in [0.29, 0.717) is 79.9 Å². The molecule has 0 bridgehead atoms.